The van der Waals surface area contributed by atoms with Crippen LogP contribution < -0.4 is 5.32 Å². The minimum atomic E-state index is -0.789. The molecule has 1 unspecified atom stereocenters. The van der Waals surface area contributed by atoms with Crippen molar-refractivity contribution >= 4 is 34.8 Å². The standard InChI is InChI=1S/C22H20ClFN2O2S/c1-26(14-16-17(23)9-5-10-18(16)24)22(28)19(13-15-7-3-2-4-8-15)25-21(27)20-11-6-12-29-20/h2-12,19H,13-14H2,1H3,(H,25,27). The van der Waals surface area contributed by atoms with Gasteiger partial charge in [0, 0.05) is 30.6 Å². The fourth-order valence-electron chi connectivity index (χ4n) is 2.95. The van der Waals surface area contributed by atoms with Crippen LogP contribution in [0.15, 0.2) is 66.0 Å². The van der Waals surface area contributed by atoms with Crippen molar-refractivity contribution < 1.29 is 14.0 Å². The average molecular weight is 431 g/mol. The molecule has 0 aliphatic rings. The Hall–Kier alpha value is -2.70. The number of hydrogen-bond acceptors (Lipinski definition) is 3. The lowest BCUT2D eigenvalue weighted by Gasteiger charge is -2.25. The Morgan fingerprint density at radius 3 is 2.52 bits per heavy atom. The van der Waals surface area contributed by atoms with E-state index in [1.807, 2.05) is 30.3 Å². The van der Waals surface area contributed by atoms with Crippen LogP contribution in [0.3, 0.4) is 0 Å². The Kier molecular flexibility index (Phi) is 7.01. The Morgan fingerprint density at radius 2 is 1.86 bits per heavy atom. The van der Waals surface area contributed by atoms with Gasteiger partial charge >= 0.3 is 0 Å². The molecule has 1 heterocycles. The summed E-state index contributed by atoms with van der Waals surface area (Å²) >= 11 is 7.40. The first kappa shape index (κ1) is 21.0. The number of nitrogens with one attached hydrogen (secondary N) is 1. The molecule has 2 amide bonds. The molecule has 150 valence electrons. The number of rotatable bonds is 7. The van der Waals surface area contributed by atoms with Crippen LogP contribution in [0.1, 0.15) is 20.8 Å². The number of halogens is 2. The number of thiophene rings is 1. The van der Waals surface area contributed by atoms with Gasteiger partial charge in [0.15, 0.2) is 0 Å². The van der Waals surface area contributed by atoms with Crippen molar-refractivity contribution in [2.24, 2.45) is 0 Å². The van der Waals surface area contributed by atoms with Crippen LogP contribution >= 0.6 is 22.9 Å². The van der Waals surface area contributed by atoms with Crippen molar-refractivity contribution in [1.29, 1.82) is 0 Å². The summed E-state index contributed by atoms with van der Waals surface area (Å²) < 4.78 is 14.1. The van der Waals surface area contributed by atoms with Crippen molar-refractivity contribution in [2.75, 3.05) is 7.05 Å². The summed E-state index contributed by atoms with van der Waals surface area (Å²) in [5.41, 5.74) is 1.16. The van der Waals surface area contributed by atoms with Crippen LogP contribution in [0.2, 0.25) is 5.02 Å². The van der Waals surface area contributed by atoms with Gasteiger partial charge in [-0.3, -0.25) is 9.59 Å². The molecular formula is C22H20ClFN2O2S. The highest BCUT2D eigenvalue weighted by Gasteiger charge is 2.26. The van der Waals surface area contributed by atoms with E-state index in [9.17, 15) is 14.0 Å². The third-order valence-electron chi connectivity index (χ3n) is 4.46. The fraction of sp³-hybridized carbons (Fsp3) is 0.182. The molecule has 1 N–H and O–H groups in total. The van der Waals surface area contributed by atoms with E-state index in [0.717, 1.165) is 5.56 Å². The second-order valence-electron chi connectivity index (χ2n) is 6.59. The van der Waals surface area contributed by atoms with Crippen LogP contribution in [0.5, 0.6) is 0 Å². The Morgan fingerprint density at radius 1 is 1.10 bits per heavy atom. The van der Waals surface area contributed by atoms with Gasteiger partial charge in [0.25, 0.3) is 5.91 Å². The van der Waals surface area contributed by atoms with Crippen LogP contribution in [-0.2, 0) is 17.8 Å². The molecule has 0 saturated carbocycles. The molecule has 0 saturated heterocycles. The van der Waals surface area contributed by atoms with Crippen LogP contribution in [-0.4, -0.2) is 29.8 Å². The van der Waals surface area contributed by atoms with Gasteiger partial charge in [0.05, 0.1) is 4.88 Å². The lowest BCUT2D eigenvalue weighted by atomic mass is 10.0. The minimum absolute atomic E-state index is 0.00447. The van der Waals surface area contributed by atoms with Crippen LogP contribution in [0.25, 0.3) is 0 Å². The normalized spacial score (nSPS) is 11.7. The van der Waals surface area contributed by atoms with Crippen molar-refractivity contribution in [2.45, 2.75) is 19.0 Å². The first-order valence-electron chi connectivity index (χ1n) is 9.02. The first-order valence-corrected chi connectivity index (χ1v) is 10.3. The van der Waals surface area contributed by atoms with Gasteiger partial charge in [0.1, 0.15) is 11.9 Å². The lowest BCUT2D eigenvalue weighted by molar-refractivity contribution is -0.132. The summed E-state index contributed by atoms with van der Waals surface area (Å²) in [6, 6.07) is 16.5. The van der Waals surface area contributed by atoms with Gasteiger partial charge in [-0.15, -0.1) is 11.3 Å². The molecule has 0 bridgehead atoms. The summed E-state index contributed by atoms with van der Waals surface area (Å²) in [5.74, 6) is -1.11. The molecule has 0 aliphatic heterocycles. The van der Waals surface area contributed by atoms with Gasteiger partial charge in [-0.2, -0.15) is 0 Å². The predicted octanol–water partition coefficient (Wildman–Crippen LogP) is 4.54. The molecule has 0 fully saturated rings. The zero-order valence-electron chi connectivity index (χ0n) is 15.8. The highest BCUT2D eigenvalue weighted by atomic mass is 35.5. The second-order valence-corrected chi connectivity index (χ2v) is 7.94. The third kappa shape index (κ3) is 5.43. The predicted molar refractivity (Wildman–Crippen MR) is 114 cm³/mol. The molecule has 1 atom stereocenters. The number of nitrogens with zero attached hydrogens (tertiary/aromatic N) is 1. The third-order valence-corrected chi connectivity index (χ3v) is 5.69. The van der Waals surface area contributed by atoms with E-state index < -0.39 is 11.9 Å². The van der Waals surface area contributed by atoms with E-state index in [4.69, 9.17) is 11.6 Å². The molecule has 2 aromatic carbocycles. The van der Waals surface area contributed by atoms with Gasteiger partial charge in [-0.05, 0) is 29.1 Å². The monoisotopic (exact) mass is 430 g/mol. The summed E-state index contributed by atoms with van der Waals surface area (Å²) in [6.07, 6.45) is 0.326. The average Bonchev–Trinajstić information content (AvgIpc) is 3.25. The molecule has 3 rings (SSSR count). The van der Waals surface area contributed by atoms with Crippen molar-refractivity contribution in [1.82, 2.24) is 10.2 Å². The van der Waals surface area contributed by atoms with E-state index in [1.54, 1.807) is 30.6 Å². The summed E-state index contributed by atoms with van der Waals surface area (Å²) in [4.78, 5) is 27.6. The lowest BCUT2D eigenvalue weighted by Crippen LogP contribution is -2.48. The summed E-state index contributed by atoms with van der Waals surface area (Å²) in [7, 11) is 1.57. The molecule has 1 aromatic heterocycles. The number of carbonyl (C=O) groups is 2. The number of benzene rings is 2. The van der Waals surface area contributed by atoms with Crippen LogP contribution in [0.4, 0.5) is 4.39 Å². The van der Waals surface area contributed by atoms with Crippen molar-refractivity contribution in [3.63, 3.8) is 0 Å². The fourth-order valence-corrected chi connectivity index (χ4v) is 3.80. The van der Waals surface area contributed by atoms with Gasteiger partial charge < -0.3 is 10.2 Å². The van der Waals surface area contributed by atoms with E-state index in [-0.39, 0.29) is 28.9 Å². The van der Waals surface area contributed by atoms with E-state index in [2.05, 4.69) is 5.32 Å². The zero-order chi connectivity index (χ0) is 20.8. The molecule has 0 spiro atoms. The Bertz CT molecular complexity index is 959. The van der Waals surface area contributed by atoms with E-state index in [1.165, 1.54) is 28.4 Å². The first-order chi connectivity index (χ1) is 14.0. The SMILES string of the molecule is CN(Cc1c(F)cccc1Cl)C(=O)C(Cc1ccccc1)NC(=O)c1cccs1. The zero-order valence-corrected chi connectivity index (χ0v) is 17.3. The summed E-state index contributed by atoms with van der Waals surface area (Å²) in [6.45, 7) is 0.00447. The number of carbonyl (C=O) groups excluding carboxylic acids is 2. The van der Waals surface area contributed by atoms with Gasteiger partial charge in [-0.1, -0.05) is 54.1 Å². The smallest absolute Gasteiger partial charge is 0.262 e. The molecule has 3 aromatic rings. The van der Waals surface area contributed by atoms with Gasteiger partial charge in [-0.25, -0.2) is 4.39 Å². The molecular weight excluding hydrogens is 411 g/mol. The largest absolute Gasteiger partial charge is 0.339 e. The van der Waals surface area contributed by atoms with E-state index >= 15 is 0 Å². The maximum absolute atomic E-state index is 14.1. The van der Waals surface area contributed by atoms with Crippen molar-refractivity contribution in [3.05, 3.63) is 92.9 Å². The van der Waals surface area contributed by atoms with E-state index in [0.29, 0.717) is 11.3 Å². The number of likely N-dealkylation sites (N-methyl/N-ethyl adjacent to an activating group) is 1. The molecule has 29 heavy (non-hydrogen) atoms. The quantitative estimate of drug-likeness (QED) is 0.598. The second kappa shape index (κ2) is 9.67. The number of amides is 2. The topological polar surface area (TPSA) is 49.4 Å². The highest BCUT2D eigenvalue weighted by molar-refractivity contribution is 7.12. The maximum Gasteiger partial charge on any atom is 0.262 e. The Balaban J connectivity index is 1.79. The summed E-state index contributed by atoms with van der Waals surface area (Å²) in [5, 5.41) is 4.87. The van der Waals surface area contributed by atoms with Crippen LogP contribution in [0, 0.1) is 5.82 Å². The Labute approximate surface area is 177 Å². The number of hydrogen-bond donors (Lipinski definition) is 1. The highest BCUT2D eigenvalue weighted by Crippen LogP contribution is 2.21. The molecule has 0 radical (unpaired) electrons. The molecule has 7 heteroatoms. The molecule has 0 aliphatic carbocycles. The maximum atomic E-state index is 14.1. The minimum Gasteiger partial charge on any atom is -0.339 e. The van der Waals surface area contributed by atoms with Gasteiger partial charge in [0.2, 0.25) is 5.91 Å². The van der Waals surface area contributed by atoms with Crippen molar-refractivity contribution in [3.8, 4) is 0 Å². The molecule has 4 nitrogen and oxygen atoms in total.